The summed E-state index contributed by atoms with van der Waals surface area (Å²) in [5.74, 6) is 0.522. The van der Waals surface area contributed by atoms with Crippen LogP contribution < -0.4 is 5.73 Å². The van der Waals surface area contributed by atoms with Gasteiger partial charge in [-0.25, -0.2) is 0 Å². The monoisotopic (exact) mass is 221 g/mol. The van der Waals surface area contributed by atoms with E-state index in [0.29, 0.717) is 10.8 Å². The Morgan fingerprint density at radius 3 is 2.93 bits per heavy atom. The van der Waals surface area contributed by atoms with Gasteiger partial charge in [0.1, 0.15) is 0 Å². The quantitative estimate of drug-likeness (QED) is 0.820. The van der Waals surface area contributed by atoms with Gasteiger partial charge in [-0.15, -0.1) is 0 Å². The summed E-state index contributed by atoms with van der Waals surface area (Å²) in [6.07, 6.45) is 0.867. The van der Waals surface area contributed by atoms with Crippen LogP contribution in [0.25, 0.3) is 11.1 Å². The lowest BCUT2D eigenvalue weighted by Crippen LogP contribution is -1.89. The van der Waals surface area contributed by atoms with Crippen LogP contribution in [0.5, 0.6) is 0 Å². The van der Waals surface area contributed by atoms with Crippen LogP contribution in [-0.2, 0) is 6.42 Å². The number of hydrogen-bond acceptors (Lipinski definition) is 2. The molecule has 2 aromatic rings. The number of nitrogen functional groups attached to an aromatic ring is 1. The van der Waals surface area contributed by atoms with Crippen molar-refractivity contribution in [1.29, 1.82) is 0 Å². The number of nitrogens with zero attached hydrogens (tertiary/aromatic N) is 1. The van der Waals surface area contributed by atoms with E-state index in [2.05, 4.69) is 17.1 Å². The van der Waals surface area contributed by atoms with Crippen molar-refractivity contribution >= 4 is 17.4 Å². The highest BCUT2D eigenvalue weighted by atomic mass is 35.5. The molecule has 0 bridgehead atoms. The molecule has 0 radical (unpaired) electrons. The van der Waals surface area contributed by atoms with Crippen LogP contribution >= 0.6 is 11.6 Å². The third kappa shape index (κ3) is 1.83. The molecule has 0 atom stereocenters. The van der Waals surface area contributed by atoms with Crippen LogP contribution in [0.1, 0.15) is 12.6 Å². The number of nitrogens with two attached hydrogens (primary N) is 1. The summed E-state index contributed by atoms with van der Waals surface area (Å²) in [4.78, 5) is 0. The number of rotatable bonds is 2. The smallest absolute Gasteiger partial charge is 0.153 e. The van der Waals surface area contributed by atoms with Crippen molar-refractivity contribution in [3.63, 3.8) is 0 Å². The molecule has 2 rings (SSSR count). The van der Waals surface area contributed by atoms with E-state index in [1.807, 2.05) is 24.3 Å². The fourth-order valence-electron chi connectivity index (χ4n) is 1.62. The van der Waals surface area contributed by atoms with Gasteiger partial charge in [-0.05, 0) is 24.1 Å². The Labute approximate surface area is 93.3 Å². The average Bonchev–Trinajstić information content (AvgIpc) is 2.59. The lowest BCUT2D eigenvalue weighted by Gasteiger charge is -2.02. The molecule has 0 saturated carbocycles. The predicted molar refractivity (Wildman–Crippen MR) is 62.8 cm³/mol. The predicted octanol–water partition coefficient (Wildman–Crippen LogP) is 2.87. The molecule has 1 aromatic carbocycles. The van der Waals surface area contributed by atoms with Gasteiger partial charge in [0.15, 0.2) is 5.82 Å². The van der Waals surface area contributed by atoms with Crippen LogP contribution in [0.4, 0.5) is 5.82 Å². The first-order valence-corrected chi connectivity index (χ1v) is 5.18. The Hall–Kier alpha value is -1.48. The molecule has 0 aliphatic rings. The Morgan fingerprint density at radius 2 is 2.27 bits per heavy atom. The van der Waals surface area contributed by atoms with Crippen molar-refractivity contribution in [2.75, 3.05) is 5.73 Å². The highest BCUT2D eigenvalue weighted by Crippen LogP contribution is 2.29. The number of aromatic amines is 1. The molecule has 0 aliphatic carbocycles. The first-order valence-electron chi connectivity index (χ1n) is 4.81. The number of aryl methyl sites for hydroxylation is 1. The highest BCUT2D eigenvalue weighted by Gasteiger charge is 2.11. The van der Waals surface area contributed by atoms with Crippen molar-refractivity contribution < 1.29 is 0 Å². The van der Waals surface area contributed by atoms with Crippen LogP contribution in [0.3, 0.4) is 0 Å². The zero-order chi connectivity index (χ0) is 10.8. The second-order valence-electron chi connectivity index (χ2n) is 3.33. The van der Waals surface area contributed by atoms with Crippen LogP contribution in [0, 0.1) is 0 Å². The molecule has 1 heterocycles. The number of H-pyrrole nitrogens is 1. The molecule has 4 heteroatoms. The lowest BCUT2D eigenvalue weighted by atomic mass is 10.0. The van der Waals surface area contributed by atoms with E-state index in [-0.39, 0.29) is 0 Å². The molecule has 0 fully saturated rings. The van der Waals surface area contributed by atoms with Gasteiger partial charge in [0.25, 0.3) is 0 Å². The Kier molecular flexibility index (Phi) is 2.64. The minimum absolute atomic E-state index is 0.522. The Morgan fingerprint density at radius 1 is 1.47 bits per heavy atom. The van der Waals surface area contributed by atoms with E-state index in [1.165, 1.54) is 0 Å². The minimum atomic E-state index is 0.522. The standard InChI is InChI=1S/C11H12ClN3/c1-2-9-10(11(13)15-14-9)7-4-3-5-8(12)6-7/h3-6H,2H2,1H3,(H3,13,14,15). The molecule has 1 aromatic heterocycles. The zero-order valence-corrected chi connectivity index (χ0v) is 9.17. The second-order valence-corrected chi connectivity index (χ2v) is 3.76. The summed E-state index contributed by atoms with van der Waals surface area (Å²) in [5.41, 5.74) is 8.81. The maximum atomic E-state index is 5.94. The maximum Gasteiger partial charge on any atom is 0.153 e. The minimum Gasteiger partial charge on any atom is -0.382 e. The van der Waals surface area contributed by atoms with Gasteiger partial charge >= 0.3 is 0 Å². The van der Waals surface area contributed by atoms with Crippen molar-refractivity contribution in [2.24, 2.45) is 0 Å². The summed E-state index contributed by atoms with van der Waals surface area (Å²) < 4.78 is 0. The molecule has 78 valence electrons. The van der Waals surface area contributed by atoms with E-state index in [0.717, 1.165) is 23.2 Å². The fraction of sp³-hybridized carbons (Fsp3) is 0.182. The largest absolute Gasteiger partial charge is 0.382 e. The zero-order valence-electron chi connectivity index (χ0n) is 8.42. The number of hydrogen-bond donors (Lipinski definition) is 2. The summed E-state index contributed by atoms with van der Waals surface area (Å²) in [5, 5.41) is 7.63. The van der Waals surface area contributed by atoms with E-state index >= 15 is 0 Å². The molecular formula is C11H12ClN3. The summed E-state index contributed by atoms with van der Waals surface area (Å²) >= 11 is 5.94. The molecule has 0 aliphatic heterocycles. The van der Waals surface area contributed by atoms with Crippen LogP contribution in [0.2, 0.25) is 5.02 Å². The van der Waals surface area contributed by atoms with Gasteiger partial charge in [-0.1, -0.05) is 30.7 Å². The molecule has 3 nitrogen and oxygen atoms in total. The van der Waals surface area contributed by atoms with Crippen molar-refractivity contribution in [1.82, 2.24) is 10.2 Å². The van der Waals surface area contributed by atoms with E-state index in [4.69, 9.17) is 17.3 Å². The molecular weight excluding hydrogens is 210 g/mol. The molecule has 0 unspecified atom stereocenters. The molecule has 0 saturated heterocycles. The molecule has 0 spiro atoms. The van der Waals surface area contributed by atoms with Crippen molar-refractivity contribution in [2.45, 2.75) is 13.3 Å². The van der Waals surface area contributed by atoms with Gasteiger partial charge < -0.3 is 5.73 Å². The van der Waals surface area contributed by atoms with Gasteiger partial charge in [0.2, 0.25) is 0 Å². The van der Waals surface area contributed by atoms with Gasteiger partial charge in [0, 0.05) is 16.3 Å². The van der Waals surface area contributed by atoms with E-state index < -0.39 is 0 Å². The summed E-state index contributed by atoms with van der Waals surface area (Å²) in [7, 11) is 0. The number of benzene rings is 1. The topological polar surface area (TPSA) is 54.7 Å². The van der Waals surface area contributed by atoms with E-state index in [1.54, 1.807) is 0 Å². The normalized spacial score (nSPS) is 10.5. The highest BCUT2D eigenvalue weighted by molar-refractivity contribution is 6.30. The summed E-state index contributed by atoms with van der Waals surface area (Å²) in [6.45, 7) is 2.06. The number of halogens is 1. The third-order valence-electron chi connectivity index (χ3n) is 2.34. The fourth-order valence-corrected chi connectivity index (χ4v) is 1.81. The third-order valence-corrected chi connectivity index (χ3v) is 2.57. The Balaban J connectivity index is 2.57. The maximum absolute atomic E-state index is 5.94. The first kappa shape index (κ1) is 10.1. The summed E-state index contributed by atoms with van der Waals surface area (Å²) in [6, 6.07) is 7.62. The SMILES string of the molecule is CCc1[nH]nc(N)c1-c1cccc(Cl)c1. The van der Waals surface area contributed by atoms with Crippen molar-refractivity contribution in [3.05, 3.63) is 35.0 Å². The van der Waals surface area contributed by atoms with E-state index in [9.17, 15) is 0 Å². The first-order chi connectivity index (χ1) is 7.22. The van der Waals surface area contributed by atoms with Crippen molar-refractivity contribution in [3.8, 4) is 11.1 Å². The Bertz CT molecular complexity index is 476. The molecule has 3 N–H and O–H groups in total. The van der Waals surface area contributed by atoms with Crippen LogP contribution in [-0.4, -0.2) is 10.2 Å². The van der Waals surface area contributed by atoms with Gasteiger partial charge in [-0.3, -0.25) is 5.10 Å². The molecule has 15 heavy (non-hydrogen) atoms. The number of aromatic nitrogens is 2. The number of anilines is 1. The lowest BCUT2D eigenvalue weighted by molar-refractivity contribution is 0.978. The number of nitrogens with one attached hydrogen (secondary N) is 1. The van der Waals surface area contributed by atoms with Gasteiger partial charge in [-0.2, -0.15) is 5.10 Å². The average molecular weight is 222 g/mol. The molecule has 0 amide bonds. The van der Waals surface area contributed by atoms with Crippen LogP contribution in [0.15, 0.2) is 24.3 Å². The van der Waals surface area contributed by atoms with Gasteiger partial charge in [0.05, 0.1) is 0 Å². The second kappa shape index (κ2) is 3.95.